The Kier molecular flexibility index (Phi) is 8.65. The van der Waals surface area contributed by atoms with Crippen molar-refractivity contribution in [1.82, 2.24) is 5.32 Å². The van der Waals surface area contributed by atoms with Crippen molar-refractivity contribution in [1.29, 1.82) is 0 Å². The van der Waals surface area contributed by atoms with E-state index in [1.165, 1.54) is 0 Å². The number of aliphatic hydroxyl groups is 1. The molecule has 6 heteroatoms. The molecule has 0 heterocycles. The van der Waals surface area contributed by atoms with Crippen LogP contribution in [0.25, 0.3) is 0 Å². The minimum absolute atomic E-state index is 0.0437. The van der Waals surface area contributed by atoms with Crippen molar-refractivity contribution in [2.75, 3.05) is 19.8 Å². The van der Waals surface area contributed by atoms with Gasteiger partial charge in [-0.3, -0.25) is 4.79 Å². The third-order valence-corrected chi connectivity index (χ3v) is 3.45. The molecule has 112 valence electrons. The van der Waals surface area contributed by atoms with Crippen molar-refractivity contribution in [3.05, 3.63) is 27.7 Å². The molecule has 0 spiro atoms. The van der Waals surface area contributed by atoms with Crippen LogP contribution in [0, 0.1) is 0 Å². The fraction of sp³-hybridized carbons (Fsp3) is 0.500. The van der Waals surface area contributed by atoms with Gasteiger partial charge in [0, 0.05) is 17.6 Å². The molecule has 0 fully saturated rings. The summed E-state index contributed by atoms with van der Waals surface area (Å²) in [6.45, 7) is 0.813. The summed E-state index contributed by atoms with van der Waals surface area (Å²) < 4.78 is 6.21. The van der Waals surface area contributed by atoms with Crippen LogP contribution in [0.5, 0.6) is 5.75 Å². The molecule has 0 radical (unpaired) electrons. The molecule has 1 aromatic carbocycles. The van der Waals surface area contributed by atoms with Gasteiger partial charge in [0.05, 0.1) is 5.02 Å². The van der Waals surface area contributed by atoms with Gasteiger partial charge in [-0.25, -0.2) is 0 Å². The van der Waals surface area contributed by atoms with E-state index in [4.69, 9.17) is 21.4 Å². The first kappa shape index (κ1) is 17.3. The van der Waals surface area contributed by atoms with E-state index >= 15 is 0 Å². The van der Waals surface area contributed by atoms with E-state index in [-0.39, 0.29) is 19.1 Å². The highest BCUT2D eigenvalue weighted by Gasteiger charge is 2.05. The van der Waals surface area contributed by atoms with Crippen molar-refractivity contribution < 1.29 is 14.6 Å². The number of rotatable bonds is 9. The summed E-state index contributed by atoms with van der Waals surface area (Å²) in [5.74, 6) is 0.333. The molecule has 0 saturated heterocycles. The number of hydrogen-bond acceptors (Lipinski definition) is 3. The Morgan fingerprint density at radius 1 is 1.30 bits per heavy atom. The molecule has 1 aromatic rings. The number of amides is 1. The lowest BCUT2D eigenvalue weighted by atomic mass is 10.2. The number of ether oxygens (including phenoxy) is 1. The lowest BCUT2D eigenvalue weighted by Crippen LogP contribution is -2.29. The molecule has 0 atom stereocenters. The first-order valence-corrected chi connectivity index (χ1v) is 7.76. The number of nitrogens with one attached hydrogen (secondary N) is 1. The van der Waals surface area contributed by atoms with Crippen molar-refractivity contribution >= 4 is 33.4 Å². The molecule has 2 N–H and O–H groups in total. The van der Waals surface area contributed by atoms with E-state index in [9.17, 15) is 4.79 Å². The summed E-state index contributed by atoms with van der Waals surface area (Å²) in [6, 6.07) is 5.24. The SMILES string of the molecule is O=C(COc1ccc(Br)cc1Cl)NCCCCCCO. The summed E-state index contributed by atoms with van der Waals surface area (Å²) in [5.41, 5.74) is 0. The first-order chi connectivity index (χ1) is 9.63. The van der Waals surface area contributed by atoms with Crippen molar-refractivity contribution in [3.8, 4) is 5.75 Å². The maximum absolute atomic E-state index is 11.6. The summed E-state index contributed by atoms with van der Waals surface area (Å²) in [5, 5.41) is 11.9. The molecular weight excluding hydrogens is 346 g/mol. The maximum Gasteiger partial charge on any atom is 0.257 e. The quantitative estimate of drug-likeness (QED) is 0.662. The molecule has 0 aliphatic heterocycles. The van der Waals surface area contributed by atoms with E-state index in [1.807, 2.05) is 0 Å². The third-order valence-electron chi connectivity index (χ3n) is 2.66. The first-order valence-electron chi connectivity index (χ1n) is 6.59. The van der Waals surface area contributed by atoms with E-state index < -0.39 is 0 Å². The number of carbonyl (C=O) groups excluding carboxylic acids is 1. The van der Waals surface area contributed by atoms with Crippen LogP contribution in [0.4, 0.5) is 0 Å². The van der Waals surface area contributed by atoms with Crippen LogP contribution >= 0.6 is 27.5 Å². The molecule has 0 aliphatic carbocycles. The van der Waals surface area contributed by atoms with Gasteiger partial charge in [0.1, 0.15) is 5.75 Å². The number of carbonyl (C=O) groups is 1. The zero-order valence-electron chi connectivity index (χ0n) is 11.2. The molecule has 0 unspecified atom stereocenters. The average Bonchev–Trinajstić information content (AvgIpc) is 2.41. The van der Waals surface area contributed by atoms with Crippen molar-refractivity contribution in [2.45, 2.75) is 25.7 Å². The Morgan fingerprint density at radius 2 is 2.05 bits per heavy atom. The van der Waals surface area contributed by atoms with Gasteiger partial charge in [-0.2, -0.15) is 0 Å². The lowest BCUT2D eigenvalue weighted by molar-refractivity contribution is -0.123. The van der Waals surface area contributed by atoms with Gasteiger partial charge < -0.3 is 15.2 Å². The van der Waals surface area contributed by atoms with E-state index in [0.29, 0.717) is 17.3 Å². The molecule has 0 saturated carbocycles. The smallest absolute Gasteiger partial charge is 0.257 e. The number of hydrogen-bond donors (Lipinski definition) is 2. The Bertz CT molecular complexity index is 429. The molecule has 0 bridgehead atoms. The van der Waals surface area contributed by atoms with Crippen LogP contribution in [-0.4, -0.2) is 30.8 Å². The highest BCUT2D eigenvalue weighted by atomic mass is 79.9. The average molecular weight is 365 g/mol. The van der Waals surface area contributed by atoms with Crippen molar-refractivity contribution in [3.63, 3.8) is 0 Å². The number of unbranched alkanes of at least 4 members (excludes halogenated alkanes) is 3. The van der Waals surface area contributed by atoms with Gasteiger partial charge in [-0.1, -0.05) is 40.4 Å². The fourth-order valence-corrected chi connectivity index (χ4v) is 2.33. The van der Waals surface area contributed by atoms with Crippen molar-refractivity contribution in [2.24, 2.45) is 0 Å². The monoisotopic (exact) mass is 363 g/mol. The summed E-state index contributed by atoms with van der Waals surface area (Å²) in [4.78, 5) is 11.6. The molecule has 1 amide bonds. The molecule has 1 rings (SSSR count). The second kappa shape index (κ2) is 10.0. The largest absolute Gasteiger partial charge is 0.482 e. The topological polar surface area (TPSA) is 58.6 Å². The van der Waals surface area contributed by atoms with Gasteiger partial charge >= 0.3 is 0 Å². The normalized spacial score (nSPS) is 10.3. The maximum atomic E-state index is 11.6. The van der Waals surface area contributed by atoms with Gasteiger partial charge in [0.15, 0.2) is 6.61 Å². The minimum Gasteiger partial charge on any atom is -0.482 e. The molecule has 4 nitrogen and oxygen atoms in total. The van der Waals surface area contributed by atoms with Gasteiger partial charge in [-0.05, 0) is 31.0 Å². The molecule has 0 aliphatic rings. The Balaban J connectivity index is 2.16. The van der Waals surface area contributed by atoms with Gasteiger partial charge in [0.2, 0.25) is 0 Å². The summed E-state index contributed by atoms with van der Waals surface area (Å²) in [7, 11) is 0. The summed E-state index contributed by atoms with van der Waals surface area (Å²) >= 11 is 9.28. The van der Waals surface area contributed by atoms with E-state index in [1.54, 1.807) is 18.2 Å². The van der Waals surface area contributed by atoms with E-state index in [0.717, 1.165) is 30.2 Å². The minimum atomic E-state index is -0.161. The second-order valence-corrected chi connectivity index (χ2v) is 5.67. The van der Waals surface area contributed by atoms with Crippen LogP contribution in [0.2, 0.25) is 5.02 Å². The van der Waals surface area contributed by atoms with Crippen LogP contribution < -0.4 is 10.1 Å². The highest BCUT2D eigenvalue weighted by Crippen LogP contribution is 2.27. The van der Waals surface area contributed by atoms with Crippen LogP contribution in [0.3, 0.4) is 0 Å². The Morgan fingerprint density at radius 3 is 2.75 bits per heavy atom. The van der Waals surface area contributed by atoms with Gasteiger partial charge in [0.25, 0.3) is 5.91 Å². The third kappa shape index (κ3) is 7.12. The predicted octanol–water partition coefficient (Wildman–Crippen LogP) is 3.15. The number of halogens is 2. The standard InChI is InChI=1S/C14H19BrClNO3/c15-11-5-6-13(12(16)9-11)20-10-14(19)17-7-3-1-2-4-8-18/h5-6,9,18H,1-4,7-8,10H2,(H,17,19). The lowest BCUT2D eigenvalue weighted by Gasteiger charge is -2.09. The van der Waals surface area contributed by atoms with Gasteiger partial charge in [-0.15, -0.1) is 0 Å². The summed E-state index contributed by atoms with van der Waals surface area (Å²) in [6.07, 6.45) is 3.71. The molecular formula is C14H19BrClNO3. The highest BCUT2D eigenvalue weighted by molar-refractivity contribution is 9.10. The number of benzene rings is 1. The van der Waals surface area contributed by atoms with Crippen LogP contribution in [-0.2, 0) is 4.79 Å². The number of aliphatic hydroxyl groups excluding tert-OH is 1. The molecule has 20 heavy (non-hydrogen) atoms. The zero-order chi connectivity index (χ0) is 14.8. The zero-order valence-corrected chi connectivity index (χ0v) is 13.5. The Hall–Kier alpha value is -0.780. The van der Waals surface area contributed by atoms with E-state index in [2.05, 4.69) is 21.2 Å². The Labute approximate surface area is 132 Å². The van der Waals surface area contributed by atoms with Crippen LogP contribution in [0.1, 0.15) is 25.7 Å². The van der Waals surface area contributed by atoms with Crippen LogP contribution in [0.15, 0.2) is 22.7 Å². The fourth-order valence-electron chi connectivity index (χ4n) is 1.60. The second-order valence-electron chi connectivity index (χ2n) is 4.35. The predicted molar refractivity (Wildman–Crippen MR) is 83.2 cm³/mol. The molecule has 0 aromatic heterocycles.